The van der Waals surface area contributed by atoms with E-state index < -0.39 is 39.1 Å². The predicted molar refractivity (Wildman–Crippen MR) is 67.2 cm³/mol. The van der Waals surface area contributed by atoms with Crippen molar-refractivity contribution in [1.29, 1.82) is 0 Å². The Morgan fingerprint density at radius 2 is 2.05 bits per heavy atom. The highest BCUT2D eigenvalue weighted by atomic mass is 32.2. The lowest BCUT2D eigenvalue weighted by atomic mass is 10.3. The van der Waals surface area contributed by atoms with Crippen molar-refractivity contribution in [2.75, 3.05) is 16.8 Å². The fourth-order valence-corrected chi connectivity index (χ4v) is 1.97. The van der Waals surface area contributed by atoms with E-state index in [0.717, 1.165) is 6.07 Å². The summed E-state index contributed by atoms with van der Waals surface area (Å²) in [6, 6.07) is 5.24. The number of rotatable bonds is 6. The summed E-state index contributed by atoms with van der Waals surface area (Å²) in [5.41, 5.74) is -0.00372. The molecule has 1 aromatic carbocycles. The highest BCUT2D eigenvalue weighted by molar-refractivity contribution is 7.86. The first kappa shape index (κ1) is 14.8. The molecule has 19 heavy (non-hydrogen) atoms. The molecule has 0 aliphatic carbocycles. The van der Waals surface area contributed by atoms with Crippen LogP contribution in [0.5, 0.6) is 0 Å². The van der Waals surface area contributed by atoms with Gasteiger partial charge in [0.15, 0.2) is 0 Å². The molecule has 1 rings (SSSR count). The summed E-state index contributed by atoms with van der Waals surface area (Å²) >= 11 is 0. The number of nitrogens with zero attached hydrogens (tertiary/aromatic N) is 1. The number of hydrogen-bond acceptors (Lipinski definition) is 5. The number of carbonyl (C=O) groups is 2. The Hall–Kier alpha value is -2.29. The van der Waals surface area contributed by atoms with Gasteiger partial charge < -0.3 is 10.4 Å². The minimum absolute atomic E-state index is 0.187. The van der Waals surface area contributed by atoms with Crippen LogP contribution < -0.4 is 5.32 Å². The average molecular weight is 286 g/mol. The monoisotopic (exact) mass is 286 g/mol. The van der Waals surface area contributed by atoms with Crippen LogP contribution in [0.2, 0.25) is 0 Å². The molecular formula is C10H10N2O6S. The van der Waals surface area contributed by atoms with Crippen molar-refractivity contribution in [3.63, 3.8) is 0 Å². The summed E-state index contributed by atoms with van der Waals surface area (Å²) in [5, 5.41) is 21.2. The largest absolute Gasteiger partial charge is 0.481 e. The topological polar surface area (TPSA) is 127 Å². The Morgan fingerprint density at radius 3 is 2.63 bits per heavy atom. The third-order valence-corrected chi connectivity index (χ3v) is 3.07. The van der Waals surface area contributed by atoms with Gasteiger partial charge in [0.25, 0.3) is 5.69 Å². The van der Waals surface area contributed by atoms with Crippen LogP contribution in [0.3, 0.4) is 0 Å². The summed E-state index contributed by atoms with van der Waals surface area (Å²) in [6.07, 6.45) is 0. The molecule has 0 aromatic heterocycles. The molecule has 0 bridgehead atoms. The summed E-state index contributed by atoms with van der Waals surface area (Å²) in [4.78, 5) is 31.6. The van der Waals surface area contributed by atoms with Crippen molar-refractivity contribution in [3.8, 4) is 0 Å². The van der Waals surface area contributed by atoms with Crippen molar-refractivity contribution in [2.45, 2.75) is 0 Å². The summed E-state index contributed by atoms with van der Waals surface area (Å²) in [6.45, 7) is 0. The van der Waals surface area contributed by atoms with Gasteiger partial charge in [-0.2, -0.15) is 0 Å². The smallest absolute Gasteiger partial charge is 0.316 e. The van der Waals surface area contributed by atoms with Crippen LogP contribution in [0.25, 0.3) is 0 Å². The van der Waals surface area contributed by atoms with Crippen molar-refractivity contribution in [3.05, 3.63) is 34.4 Å². The number of anilines is 1. The Labute approximate surface area is 110 Å². The lowest BCUT2D eigenvalue weighted by molar-refractivity contribution is -0.384. The van der Waals surface area contributed by atoms with Crippen LogP contribution in [0.1, 0.15) is 0 Å². The summed E-state index contributed by atoms with van der Waals surface area (Å²) in [5.74, 6) is -3.03. The van der Waals surface area contributed by atoms with Crippen LogP contribution >= 0.6 is 0 Å². The molecule has 1 aromatic rings. The van der Waals surface area contributed by atoms with Gasteiger partial charge in [0, 0.05) is 28.6 Å². The predicted octanol–water partition coefficient (Wildman–Crippen LogP) is 0.367. The van der Waals surface area contributed by atoms with E-state index in [1.165, 1.54) is 18.2 Å². The van der Waals surface area contributed by atoms with E-state index in [1.54, 1.807) is 0 Å². The highest BCUT2D eigenvalue weighted by Crippen LogP contribution is 2.16. The molecular weight excluding hydrogens is 276 g/mol. The Balaban J connectivity index is 2.62. The first-order chi connectivity index (χ1) is 8.88. The lowest BCUT2D eigenvalue weighted by Crippen LogP contribution is -2.23. The van der Waals surface area contributed by atoms with Crippen molar-refractivity contribution < 1.29 is 23.8 Å². The van der Waals surface area contributed by atoms with Gasteiger partial charge in [0.05, 0.1) is 4.92 Å². The highest BCUT2D eigenvalue weighted by Gasteiger charge is 2.13. The van der Waals surface area contributed by atoms with E-state index >= 15 is 0 Å². The second kappa shape index (κ2) is 6.59. The van der Waals surface area contributed by atoms with E-state index in [-0.39, 0.29) is 11.4 Å². The number of nitrogens with one attached hydrogen (secondary N) is 1. The van der Waals surface area contributed by atoms with Crippen LogP contribution in [0.15, 0.2) is 24.3 Å². The van der Waals surface area contributed by atoms with Gasteiger partial charge in [-0.15, -0.1) is 0 Å². The van der Waals surface area contributed by atoms with Gasteiger partial charge in [-0.05, 0) is 6.07 Å². The molecule has 0 heterocycles. The van der Waals surface area contributed by atoms with E-state index in [0.29, 0.717) is 0 Å². The number of aliphatic carboxylic acids is 1. The van der Waals surface area contributed by atoms with Gasteiger partial charge in [0.2, 0.25) is 5.91 Å². The van der Waals surface area contributed by atoms with Crippen LogP contribution in [-0.2, 0) is 20.4 Å². The van der Waals surface area contributed by atoms with Gasteiger partial charge in [-0.25, -0.2) is 0 Å². The Kier molecular flexibility index (Phi) is 5.12. The molecule has 0 saturated carbocycles. The first-order valence-electron chi connectivity index (χ1n) is 4.99. The molecule has 0 aliphatic rings. The number of nitro groups is 1. The number of benzene rings is 1. The molecule has 0 spiro atoms. The molecule has 0 saturated heterocycles. The Morgan fingerprint density at radius 1 is 1.37 bits per heavy atom. The van der Waals surface area contributed by atoms with E-state index in [1.807, 2.05) is 0 Å². The SMILES string of the molecule is O=C(O)CS(=O)CC(=O)Nc1cccc([N+](=O)[O-])c1. The van der Waals surface area contributed by atoms with Crippen molar-refractivity contribution in [1.82, 2.24) is 0 Å². The van der Waals surface area contributed by atoms with Gasteiger partial charge in [0.1, 0.15) is 11.5 Å². The second-order valence-corrected chi connectivity index (χ2v) is 4.93. The van der Waals surface area contributed by atoms with Crippen LogP contribution in [-0.4, -0.2) is 37.6 Å². The van der Waals surface area contributed by atoms with E-state index in [4.69, 9.17) is 5.11 Å². The summed E-state index contributed by atoms with van der Waals surface area (Å²) < 4.78 is 11.2. The number of nitro benzene ring substituents is 1. The maximum absolute atomic E-state index is 11.4. The van der Waals surface area contributed by atoms with E-state index in [9.17, 15) is 23.9 Å². The average Bonchev–Trinajstić information content (AvgIpc) is 2.27. The number of carbonyl (C=O) groups excluding carboxylic acids is 1. The van der Waals surface area contributed by atoms with Crippen LogP contribution in [0.4, 0.5) is 11.4 Å². The normalized spacial score (nSPS) is 11.6. The van der Waals surface area contributed by atoms with Crippen LogP contribution in [0, 0.1) is 10.1 Å². The number of non-ortho nitro benzene ring substituents is 1. The Bertz CT molecular complexity index is 545. The molecule has 9 heteroatoms. The molecule has 102 valence electrons. The maximum Gasteiger partial charge on any atom is 0.316 e. The molecule has 2 N–H and O–H groups in total. The summed E-state index contributed by atoms with van der Waals surface area (Å²) in [7, 11) is -1.81. The molecule has 0 aliphatic heterocycles. The molecule has 1 unspecified atom stereocenters. The minimum Gasteiger partial charge on any atom is -0.481 e. The zero-order chi connectivity index (χ0) is 14.4. The molecule has 1 atom stereocenters. The third-order valence-electron chi connectivity index (χ3n) is 1.92. The van der Waals surface area contributed by atoms with E-state index in [2.05, 4.69) is 5.32 Å². The second-order valence-electron chi connectivity index (χ2n) is 3.48. The maximum atomic E-state index is 11.4. The number of carboxylic acid groups (broad SMARTS) is 1. The number of carboxylic acids is 1. The molecule has 0 radical (unpaired) electrons. The fraction of sp³-hybridized carbons (Fsp3) is 0.200. The fourth-order valence-electron chi connectivity index (χ4n) is 1.23. The third kappa shape index (κ3) is 5.25. The zero-order valence-electron chi connectivity index (χ0n) is 9.57. The molecule has 0 fully saturated rings. The zero-order valence-corrected chi connectivity index (χ0v) is 10.4. The quantitative estimate of drug-likeness (QED) is 0.574. The van der Waals surface area contributed by atoms with Crippen molar-refractivity contribution in [2.24, 2.45) is 0 Å². The van der Waals surface area contributed by atoms with Gasteiger partial charge >= 0.3 is 5.97 Å². The van der Waals surface area contributed by atoms with Crippen molar-refractivity contribution >= 4 is 34.1 Å². The standard InChI is InChI=1S/C10H10N2O6S/c13-9(5-19(18)6-10(14)15)11-7-2-1-3-8(4-7)12(16)17/h1-4H,5-6H2,(H,11,13)(H,14,15). The van der Waals surface area contributed by atoms with Gasteiger partial charge in [-0.3, -0.25) is 23.9 Å². The number of amides is 1. The first-order valence-corrected chi connectivity index (χ1v) is 6.48. The number of hydrogen-bond donors (Lipinski definition) is 2. The molecule has 1 amide bonds. The lowest BCUT2D eigenvalue weighted by Gasteiger charge is -2.04. The molecule has 8 nitrogen and oxygen atoms in total. The minimum atomic E-state index is -1.81. The van der Waals surface area contributed by atoms with Gasteiger partial charge in [-0.1, -0.05) is 6.07 Å².